The van der Waals surface area contributed by atoms with Crippen LogP contribution in [-0.2, 0) is 4.79 Å². The largest absolute Gasteiger partial charge is 0.306 e. The van der Waals surface area contributed by atoms with E-state index in [0.29, 0.717) is 11.2 Å². The summed E-state index contributed by atoms with van der Waals surface area (Å²) in [5.74, 6) is 0.449. The van der Waals surface area contributed by atoms with Crippen LogP contribution in [0.25, 0.3) is 0 Å². The van der Waals surface area contributed by atoms with Crippen LogP contribution in [0.3, 0.4) is 0 Å². The maximum absolute atomic E-state index is 11.2. The van der Waals surface area contributed by atoms with E-state index in [1.54, 1.807) is 0 Å². The monoisotopic (exact) mass is 224 g/mol. The van der Waals surface area contributed by atoms with Gasteiger partial charge in [0, 0.05) is 32.5 Å². The first kappa shape index (κ1) is 12.1. The average molecular weight is 224 g/mol. The molecule has 0 amide bonds. The van der Waals surface area contributed by atoms with Crippen LogP contribution in [-0.4, -0.2) is 55.4 Å². The number of carbonyl (C=O) groups excluding carboxylic acids is 1. The lowest BCUT2D eigenvalue weighted by Gasteiger charge is -2.42. The minimum Gasteiger partial charge on any atom is -0.306 e. The molecule has 0 aliphatic carbocycles. The van der Waals surface area contributed by atoms with Gasteiger partial charge in [-0.2, -0.15) is 0 Å². The van der Waals surface area contributed by atoms with Crippen molar-refractivity contribution < 1.29 is 4.79 Å². The predicted molar refractivity (Wildman–Crippen MR) is 65.5 cm³/mol. The van der Waals surface area contributed by atoms with Gasteiger partial charge in [0.1, 0.15) is 5.78 Å². The van der Waals surface area contributed by atoms with Crippen molar-refractivity contribution in [1.29, 1.82) is 0 Å². The first-order chi connectivity index (χ1) is 7.57. The van der Waals surface area contributed by atoms with Crippen LogP contribution in [0.5, 0.6) is 0 Å². The summed E-state index contributed by atoms with van der Waals surface area (Å²) in [4.78, 5) is 16.1. The van der Waals surface area contributed by atoms with E-state index < -0.39 is 0 Å². The Labute approximate surface area is 98.8 Å². The van der Waals surface area contributed by atoms with Crippen LogP contribution >= 0.6 is 0 Å². The van der Waals surface area contributed by atoms with E-state index in [-0.39, 0.29) is 0 Å². The highest BCUT2D eigenvalue weighted by molar-refractivity contribution is 5.79. The van der Waals surface area contributed by atoms with Gasteiger partial charge in [-0.1, -0.05) is 6.92 Å². The van der Waals surface area contributed by atoms with Gasteiger partial charge < -0.3 is 9.80 Å². The van der Waals surface area contributed by atoms with Crippen LogP contribution < -0.4 is 0 Å². The number of piperidine rings is 2. The van der Waals surface area contributed by atoms with Crippen LogP contribution in [0.15, 0.2) is 0 Å². The number of hydrogen-bond acceptors (Lipinski definition) is 3. The van der Waals surface area contributed by atoms with Crippen LogP contribution in [0, 0.1) is 5.41 Å². The highest BCUT2D eigenvalue weighted by Crippen LogP contribution is 2.31. The number of ketones is 1. The fourth-order valence-electron chi connectivity index (χ4n) is 2.82. The summed E-state index contributed by atoms with van der Waals surface area (Å²) in [6.07, 6.45) is 4.15. The Morgan fingerprint density at radius 2 is 1.69 bits per heavy atom. The van der Waals surface area contributed by atoms with Gasteiger partial charge in [-0.3, -0.25) is 4.79 Å². The van der Waals surface area contributed by atoms with E-state index in [9.17, 15) is 4.79 Å². The summed E-state index contributed by atoms with van der Waals surface area (Å²) < 4.78 is 0. The van der Waals surface area contributed by atoms with Gasteiger partial charge >= 0.3 is 0 Å². The smallest absolute Gasteiger partial charge is 0.135 e. The van der Waals surface area contributed by atoms with Gasteiger partial charge in [-0.05, 0) is 38.4 Å². The third-order valence-electron chi connectivity index (χ3n) is 4.21. The summed E-state index contributed by atoms with van der Waals surface area (Å²) >= 11 is 0. The second kappa shape index (κ2) is 4.84. The van der Waals surface area contributed by atoms with Crippen molar-refractivity contribution in [3.05, 3.63) is 0 Å². The van der Waals surface area contributed by atoms with Gasteiger partial charge in [0.2, 0.25) is 0 Å². The lowest BCUT2D eigenvalue weighted by molar-refractivity contribution is -0.121. The Morgan fingerprint density at radius 3 is 2.25 bits per heavy atom. The first-order valence-corrected chi connectivity index (χ1v) is 6.50. The van der Waals surface area contributed by atoms with Crippen molar-refractivity contribution in [2.45, 2.75) is 32.6 Å². The lowest BCUT2D eigenvalue weighted by atomic mass is 9.79. The summed E-state index contributed by atoms with van der Waals surface area (Å²) in [7, 11) is 2.21. The molecule has 3 nitrogen and oxygen atoms in total. The molecule has 3 heteroatoms. The Morgan fingerprint density at radius 1 is 1.12 bits per heavy atom. The maximum atomic E-state index is 11.2. The average Bonchev–Trinajstić information content (AvgIpc) is 2.27. The predicted octanol–water partition coefficient (Wildman–Crippen LogP) is 1.38. The molecule has 92 valence electrons. The Hall–Kier alpha value is -0.410. The maximum Gasteiger partial charge on any atom is 0.135 e. The molecular weight excluding hydrogens is 200 g/mol. The van der Waals surface area contributed by atoms with Crippen molar-refractivity contribution in [3.63, 3.8) is 0 Å². The lowest BCUT2D eigenvalue weighted by Crippen LogP contribution is -2.46. The van der Waals surface area contributed by atoms with Crippen LogP contribution in [0.2, 0.25) is 0 Å². The van der Waals surface area contributed by atoms with Crippen LogP contribution in [0.4, 0.5) is 0 Å². The number of carbonyl (C=O) groups is 1. The molecule has 2 rings (SSSR count). The number of likely N-dealkylation sites (tertiary alicyclic amines) is 2. The molecule has 2 saturated heterocycles. The number of hydrogen-bond donors (Lipinski definition) is 0. The molecule has 2 heterocycles. The molecule has 16 heavy (non-hydrogen) atoms. The summed E-state index contributed by atoms with van der Waals surface area (Å²) in [5, 5.41) is 0. The zero-order valence-corrected chi connectivity index (χ0v) is 10.7. The Bertz CT molecular complexity index is 247. The molecular formula is C13H24N2O. The molecule has 0 atom stereocenters. The van der Waals surface area contributed by atoms with E-state index in [4.69, 9.17) is 0 Å². The van der Waals surface area contributed by atoms with Crippen molar-refractivity contribution >= 4 is 5.78 Å². The highest BCUT2D eigenvalue weighted by Gasteiger charge is 2.31. The standard InChI is InChI=1S/C13H24N2O/c1-13(5-9-14(2)10-6-13)11-15-7-3-12(16)4-8-15/h3-11H2,1-2H3. The van der Waals surface area contributed by atoms with Gasteiger partial charge in [0.15, 0.2) is 0 Å². The Kier molecular flexibility index (Phi) is 3.65. The number of nitrogens with zero attached hydrogens (tertiary/aromatic N) is 2. The zero-order valence-electron chi connectivity index (χ0n) is 10.7. The number of rotatable bonds is 2. The van der Waals surface area contributed by atoms with Crippen LogP contribution in [0.1, 0.15) is 32.6 Å². The second-order valence-corrected chi connectivity index (χ2v) is 5.93. The van der Waals surface area contributed by atoms with Gasteiger partial charge in [-0.25, -0.2) is 0 Å². The molecule has 0 aromatic carbocycles. The Balaban J connectivity index is 1.82. The third-order valence-corrected chi connectivity index (χ3v) is 4.21. The molecule has 0 N–H and O–H groups in total. The van der Waals surface area contributed by atoms with Crippen molar-refractivity contribution in [2.24, 2.45) is 5.41 Å². The van der Waals surface area contributed by atoms with E-state index in [2.05, 4.69) is 23.8 Å². The summed E-state index contributed by atoms with van der Waals surface area (Å²) in [5.41, 5.74) is 0.479. The molecule has 2 fully saturated rings. The van der Waals surface area contributed by atoms with Crippen molar-refractivity contribution in [3.8, 4) is 0 Å². The number of Topliss-reactive ketones (excluding diaryl/α,β-unsaturated/α-hetero) is 1. The fourth-order valence-corrected chi connectivity index (χ4v) is 2.82. The molecule has 2 aliphatic heterocycles. The minimum absolute atomic E-state index is 0.449. The van der Waals surface area contributed by atoms with E-state index in [1.807, 2.05) is 0 Å². The zero-order chi connectivity index (χ0) is 11.6. The summed E-state index contributed by atoms with van der Waals surface area (Å²) in [6, 6.07) is 0. The molecule has 0 saturated carbocycles. The second-order valence-electron chi connectivity index (χ2n) is 5.93. The van der Waals surface area contributed by atoms with Crippen molar-refractivity contribution in [2.75, 3.05) is 39.8 Å². The normalized spacial score (nSPS) is 28.2. The van der Waals surface area contributed by atoms with E-state index in [1.165, 1.54) is 32.5 Å². The third kappa shape index (κ3) is 3.05. The molecule has 0 spiro atoms. The highest BCUT2D eigenvalue weighted by atomic mass is 16.1. The SMILES string of the molecule is CN1CCC(C)(CN2CCC(=O)CC2)CC1. The van der Waals surface area contributed by atoms with E-state index in [0.717, 1.165) is 25.9 Å². The molecule has 0 bridgehead atoms. The topological polar surface area (TPSA) is 23.6 Å². The van der Waals surface area contributed by atoms with Gasteiger partial charge in [-0.15, -0.1) is 0 Å². The van der Waals surface area contributed by atoms with Gasteiger partial charge in [0.25, 0.3) is 0 Å². The molecule has 2 aliphatic rings. The quantitative estimate of drug-likeness (QED) is 0.708. The van der Waals surface area contributed by atoms with Crippen molar-refractivity contribution in [1.82, 2.24) is 9.80 Å². The van der Waals surface area contributed by atoms with Gasteiger partial charge in [0.05, 0.1) is 0 Å². The molecule has 0 radical (unpaired) electrons. The molecule has 0 unspecified atom stereocenters. The minimum atomic E-state index is 0.449. The first-order valence-electron chi connectivity index (χ1n) is 6.50. The van der Waals surface area contributed by atoms with E-state index >= 15 is 0 Å². The fraction of sp³-hybridized carbons (Fsp3) is 0.923. The summed E-state index contributed by atoms with van der Waals surface area (Å²) in [6.45, 7) is 8.03. The molecule has 0 aromatic heterocycles. The molecule has 0 aromatic rings.